The van der Waals surface area contributed by atoms with Gasteiger partial charge in [-0.25, -0.2) is 9.97 Å². The second-order valence-corrected chi connectivity index (χ2v) is 6.07. The molecular weight excluding hydrogens is 294 g/mol. The molecule has 7 nitrogen and oxygen atoms in total. The Morgan fingerprint density at radius 3 is 2.70 bits per heavy atom. The van der Waals surface area contributed by atoms with Crippen LogP contribution in [0.15, 0.2) is 6.07 Å². The van der Waals surface area contributed by atoms with Gasteiger partial charge in [-0.1, -0.05) is 0 Å². The summed E-state index contributed by atoms with van der Waals surface area (Å²) in [4.78, 5) is 25.4. The summed E-state index contributed by atoms with van der Waals surface area (Å²) < 4.78 is 5.35. The summed E-state index contributed by atoms with van der Waals surface area (Å²) in [6.45, 7) is 8.81. The molecule has 0 spiro atoms. The first-order valence-electron chi connectivity index (χ1n) is 8.41. The van der Waals surface area contributed by atoms with Crippen LogP contribution in [-0.4, -0.2) is 78.2 Å². The summed E-state index contributed by atoms with van der Waals surface area (Å²) in [5.74, 6) is 1.38. The first-order valence-corrected chi connectivity index (χ1v) is 8.41. The molecule has 0 aromatic carbocycles. The van der Waals surface area contributed by atoms with Crippen LogP contribution in [0.5, 0.6) is 0 Å². The lowest BCUT2D eigenvalue weighted by Crippen LogP contribution is -2.39. The van der Waals surface area contributed by atoms with E-state index in [1.807, 2.05) is 11.8 Å². The van der Waals surface area contributed by atoms with E-state index in [1.165, 1.54) is 0 Å². The Balaban J connectivity index is 1.57. The summed E-state index contributed by atoms with van der Waals surface area (Å²) in [6.07, 6.45) is 2.17. The van der Waals surface area contributed by atoms with Crippen LogP contribution in [0.2, 0.25) is 0 Å². The molecule has 2 fully saturated rings. The standard InChI is InChI=1S/C16H25N5O2/c1-13-18-14(16(22)21-5-2-3-6-21)12-15(19-13)17-4-7-20-8-10-23-11-9-20/h12H,2-11H2,1H3,(H,17,18,19). The Morgan fingerprint density at radius 2 is 1.96 bits per heavy atom. The molecule has 0 atom stereocenters. The van der Waals surface area contributed by atoms with Crippen molar-refractivity contribution in [2.45, 2.75) is 19.8 Å². The van der Waals surface area contributed by atoms with Gasteiger partial charge in [0.25, 0.3) is 5.91 Å². The number of aromatic nitrogens is 2. The summed E-state index contributed by atoms with van der Waals surface area (Å²) in [7, 11) is 0. The van der Waals surface area contributed by atoms with Crippen molar-refractivity contribution in [1.82, 2.24) is 19.8 Å². The lowest BCUT2D eigenvalue weighted by Gasteiger charge is -2.26. The summed E-state index contributed by atoms with van der Waals surface area (Å²) >= 11 is 0. The van der Waals surface area contributed by atoms with E-state index >= 15 is 0 Å². The number of likely N-dealkylation sites (tertiary alicyclic amines) is 1. The quantitative estimate of drug-likeness (QED) is 0.864. The number of carbonyl (C=O) groups is 1. The van der Waals surface area contributed by atoms with Crippen LogP contribution >= 0.6 is 0 Å². The number of nitrogens with zero attached hydrogens (tertiary/aromatic N) is 4. The molecule has 23 heavy (non-hydrogen) atoms. The van der Waals surface area contributed by atoms with Crippen molar-refractivity contribution in [3.05, 3.63) is 17.6 Å². The summed E-state index contributed by atoms with van der Waals surface area (Å²) in [5.41, 5.74) is 0.494. The van der Waals surface area contributed by atoms with Crippen molar-refractivity contribution >= 4 is 11.7 Å². The van der Waals surface area contributed by atoms with Crippen LogP contribution in [0, 0.1) is 6.92 Å². The van der Waals surface area contributed by atoms with Crippen LogP contribution in [-0.2, 0) is 4.74 Å². The minimum atomic E-state index is 0.0178. The number of morpholine rings is 1. The van der Waals surface area contributed by atoms with Crippen molar-refractivity contribution in [3.63, 3.8) is 0 Å². The van der Waals surface area contributed by atoms with E-state index in [9.17, 15) is 4.79 Å². The number of anilines is 1. The lowest BCUT2D eigenvalue weighted by atomic mass is 10.3. The van der Waals surface area contributed by atoms with E-state index in [4.69, 9.17) is 4.74 Å². The predicted octanol–water partition coefficient (Wildman–Crippen LogP) is 0.765. The van der Waals surface area contributed by atoms with Gasteiger partial charge in [-0.2, -0.15) is 0 Å². The zero-order chi connectivity index (χ0) is 16.1. The molecule has 0 aliphatic carbocycles. The molecule has 2 aliphatic rings. The number of hydrogen-bond donors (Lipinski definition) is 1. The minimum Gasteiger partial charge on any atom is -0.379 e. The minimum absolute atomic E-state index is 0.0178. The number of nitrogens with one attached hydrogen (secondary N) is 1. The van der Waals surface area contributed by atoms with Gasteiger partial charge >= 0.3 is 0 Å². The third kappa shape index (κ3) is 4.39. The van der Waals surface area contributed by atoms with Gasteiger partial charge in [0.2, 0.25) is 0 Å². The average molecular weight is 319 g/mol. The Hall–Kier alpha value is -1.73. The topological polar surface area (TPSA) is 70.6 Å². The molecule has 7 heteroatoms. The molecule has 1 aromatic rings. The van der Waals surface area contributed by atoms with Gasteiger partial charge in [-0.05, 0) is 19.8 Å². The fraction of sp³-hybridized carbons (Fsp3) is 0.688. The third-order valence-electron chi connectivity index (χ3n) is 4.29. The summed E-state index contributed by atoms with van der Waals surface area (Å²) in [5, 5.41) is 3.31. The fourth-order valence-corrected chi connectivity index (χ4v) is 3.02. The molecule has 0 unspecified atom stereocenters. The number of amides is 1. The van der Waals surface area contributed by atoms with Gasteiger partial charge in [0.15, 0.2) is 0 Å². The molecule has 2 saturated heterocycles. The summed E-state index contributed by atoms with van der Waals surface area (Å²) in [6, 6.07) is 1.77. The largest absolute Gasteiger partial charge is 0.379 e. The zero-order valence-electron chi connectivity index (χ0n) is 13.8. The molecule has 3 rings (SSSR count). The van der Waals surface area contributed by atoms with Gasteiger partial charge in [0, 0.05) is 45.3 Å². The smallest absolute Gasteiger partial charge is 0.272 e. The van der Waals surface area contributed by atoms with Gasteiger partial charge in [-0.15, -0.1) is 0 Å². The molecule has 2 aliphatic heterocycles. The molecule has 1 N–H and O–H groups in total. The number of carbonyl (C=O) groups excluding carboxylic acids is 1. The first-order chi connectivity index (χ1) is 11.2. The Kier molecular flexibility index (Phi) is 5.40. The van der Waals surface area contributed by atoms with Crippen molar-refractivity contribution in [3.8, 4) is 0 Å². The van der Waals surface area contributed by atoms with E-state index in [2.05, 4.69) is 20.2 Å². The second-order valence-electron chi connectivity index (χ2n) is 6.07. The van der Waals surface area contributed by atoms with Gasteiger partial charge in [-0.3, -0.25) is 9.69 Å². The normalized spacial score (nSPS) is 19.1. The van der Waals surface area contributed by atoms with E-state index in [0.717, 1.165) is 71.1 Å². The number of rotatable bonds is 5. The third-order valence-corrected chi connectivity index (χ3v) is 4.29. The highest BCUT2D eigenvalue weighted by molar-refractivity contribution is 5.93. The highest BCUT2D eigenvalue weighted by Gasteiger charge is 2.21. The maximum atomic E-state index is 12.5. The van der Waals surface area contributed by atoms with Gasteiger partial charge in [0.05, 0.1) is 13.2 Å². The highest BCUT2D eigenvalue weighted by Crippen LogP contribution is 2.14. The number of ether oxygens (including phenoxy) is 1. The van der Waals surface area contributed by atoms with Crippen LogP contribution in [0.25, 0.3) is 0 Å². The molecule has 1 aromatic heterocycles. The van der Waals surface area contributed by atoms with Crippen LogP contribution in [0.4, 0.5) is 5.82 Å². The first kappa shape index (κ1) is 16.1. The monoisotopic (exact) mass is 319 g/mol. The number of aryl methyl sites for hydroxylation is 1. The second kappa shape index (κ2) is 7.70. The average Bonchev–Trinajstić information content (AvgIpc) is 3.09. The molecule has 0 bridgehead atoms. The molecule has 3 heterocycles. The fourth-order valence-electron chi connectivity index (χ4n) is 3.02. The van der Waals surface area contributed by atoms with Gasteiger partial charge in [0.1, 0.15) is 17.3 Å². The van der Waals surface area contributed by atoms with E-state index < -0.39 is 0 Å². The van der Waals surface area contributed by atoms with E-state index in [1.54, 1.807) is 6.07 Å². The van der Waals surface area contributed by atoms with Crippen molar-refractivity contribution in [1.29, 1.82) is 0 Å². The zero-order valence-corrected chi connectivity index (χ0v) is 13.8. The predicted molar refractivity (Wildman–Crippen MR) is 87.7 cm³/mol. The van der Waals surface area contributed by atoms with Gasteiger partial charge < -0.3 is 15.0 Å². The Morgan fingerprint density at radius 1 is 1.22 bits per heavy atom. The Labute approximate surface area is 137 Å². The SMILES string of the molecule is Cc1nc(NCCN2CCOCC2)cc(C(=O)N2CCCC2)n1. The molecular formula is C16H25N5O2. The molecule has 1 amide bonds. The van der Waals surface area contributed by atoms with E-state index in [0.29, 0.717) is 11.5 Å². The lowest BCUT2D eigenvalue weighted by molar-refractivity contribution is 0.0398. The van der Waals surface area contributed by atoms with Crippen molar-refractivity contribution in [2.24, 2.45) is 0 Å². The molecule has 0 saturated carbocycles. The van der Waals surface area contributed by atoms with Crippen molar-refractivity contribution < 1.29 is 9.53 Å². The van der Waals surface area contributed by atoms with E-state index in [-0.39, 0.29) is 5.91 Å². The highest BCUT2D eigenvalue weighted by atomic mass is 16.5. The maximum Gasteiger partial charge on any atom is 0.272 e. The van der Waals surface area contributed by atoms with Crippen LogP contribution in [0.3, 0.4) is 0 Å². The van der Waals surface area contributed by atoms with Crippen LogP contribution in [0.1, 0.15) is 29.2 Å². The van der Waals surface area contributed by atoms with Crippen LogP contribution < -0.4 is 5.32 Å². The van der Waals surface area contributed by atoms with Crippen molar-refractivity contribution in [2.75, 3.05) is 57.8 Å². The Bertz CT molecular complexity index is 539. The molecule has 0 radical (unpaired) electrons. The molecule has 126 valence electrons. The maximum absolute atomic E-state index is 12.5. The number of hydrogen-bond acceptors (Lipinski definition) is 6.